The van der Waals surface area contributed by atoms with Crippen LogP contribution in [0.2, 0.25) is 0 Å². The van der Waals surface area contributed by atoms with Crippen LogP contribution < -0.4 is 5.32 Å². The molecule has 0 unspecified atom stereocenters. The van der Waals surface area contributed by atoms with Gasteiger partial charge >= 0.3 is 0 Å². The molecule has 1 aromatic rings. The number of nitrogens with one attached hydrogen (secondary N) is 1. The van der Waals surface area contributed by atoms with E-state index in [1.165, 1.54) is 17.3 Å². The fourth-order valence-corrected chi connectivity index (χ4v) is 3.93. The average molecular weight is 333 g/mol. The van der Waals surface area contributed by atoms with Crippen molar-refractivity contribution in [3.05, 3.63) is 29.8 Å². The van der Waals surface area contributed by atoms with Gasteiger partial charge in [0.1, 0.15) is 0 Å². The largest absolute Gasteiger partial charge is 0.317 e. The summed E-state index contributed by atoms with van der Waals surface area (Å²) < 4.78 is 26.6. The molecule has 0 saturated carbocycles. The van der Waals surface area contributed by atoms with Crippen LogP contribution in [0, 0.1) is 0 Å². The number of carbonyl (C=O) groups excluding carboxylic acids is 1. The van der Waals surface area contributed by atoms with Gasteiger partial charge in [0.25, 0.3) is 0 Å². The average Bonchev–Trinajstić information content (AvgIpc) is 2.47. The first kappa shape index (κ1) is 18.1. The Bertz CT molecular complexity index is 596. The van der Waals surface area contributed by atoms with Crippen molar-refractivity contribution in [1.82, 2.24) is 9.62 Å². The number of sulfonamides is 1. The molecular weight excluding hydrogens is 312 g/mol. The van der Waals surface area contributed by atoms with Crippen molar-refractivity contribution in [2.75, 3.05) is 20.1 Å². The smallest absolute Gasteiger partial charge is 0.243 e. The highest BCUT2D eigenvalue weighted by Crippen LogP contribution is 2.21. The standard InChI is InChI=1S/C14H20N2O3S.ClH/c1-11(17)12-4-3-5-14(10-12)20(18,19)16-8-6-13(15-2)7-9-16;/h3-5,10,13,15H,6-9H2,1-2H3;1H. The third kappa shape index (κ3) is 4.03. The topological polar surface area (TPSA) is 66.5 Å². The second-order valence-electron chi connectivity index (χ2n) is 5.05. The number of halogens is 1. The van der Waals surface area contributed by atoms with Crippen LogP contribution in [0.5, 0.6) is 0 Å². The van der Waals surface area contributed by atoms with E-state index in [4.69, 9.17) is 0 Å². The van der Waals surface area contributed by atoms with E-state index in [0.29, 0.717) is 24.7 Å². The fraction of sp³-hybridized carbons (Fsp3) is 0.500. The zero-order valence-electron chi connectivity index (χ0n) is 12.2. The summed E-state index contributed by atoms with van der Waals surface area (Å²) in [6.45, 7) is 2.46. The molecule has 0 aliphatic carbocycles. The molecule has 1 N–H and O–H groups in total. The molecule has 1 saturated heterocycles. The third-order valence-electron chi connectivity index (χ3n) is 3.74. The van der Waals surface area contributed by atoms with Gasteiger partial charge in [-0.05, 0) is 38.9 Å². The van der Waals surface area contributed by atoms with Gasteiger partial charge < -0.3 is 5.32 Å². The number of ketones is 1. The van der Waals surface area contributed by atoms with E-state index >= 15 is 0 Å². The monoisotopic (exact) mass is 332 g/mol. The number of Topliss-reactive ketones (excluding diaryl/α,β-unsaturated/α-hetero) is 1. The lowest BCUT2D eigenvalue weighted by atomic mass is 10.1. The maximum Gasteiger partial charge on any atom is 0.243 e. The molecule has 1 aromatic carbocycles. The summed E-state index contributed by atoms with van der Waals surface area (Å²) in [6, 6.07) is 6.64. The molecule has 1 fully saturated rings. The highest BCUT2D eigenvalue weighted by Gasteiger charge is 2.29. The lowest BCUT2D eigenvalue weighted by Crippen LogP contribution is -2.43. The second-order valence-corrected chi connectivity index (χ2v) is 6.99. The molecule has 0 spiro atoms. The minimum absolute atomic E-state index is 0. The van der Waals surface area contributed by atoms with Crippen LogP contribution in [0.25, 0.3) is 0 Å². The van der Waals surface area contributed by atoms with Gasteiger partial charge in [0.05, 0.1) is 4.90 Å². The Kier molecular flexibility index (Phi) is 6.34. The van der Waals surface area contributed by atoms with Crippen LogP contribution >= 0.6 is 12.4 Å². The number of hydrogen-bond acceptors (Lipinski definition) is 4. The SMILES string of the molecule is CNC1CCN(S(=O)(=O)c2cccc(C(C)=O)c2)CC1.Cl. The van der Waals surface area contributed by atoms with Crippen molar-refractivity contribution in [2.24, 2.45) is 0 Å². The van der Waals surface area contributed by atoms with Crippen LogP contribution in [0.15, 0.2) is 29.2 Å². The highest BCUT2D eigenvalue weighted by molar-refractivity contribution is 7.89. The van der Waals surface area contributed by atoms with Crippen LogP contribution in [0.1, 0.15) is 30.1 Å². The molecule has 0 radical (unpaired) electrons. The predicted molar refractivity (Wildman–Crippen MR) is 84.5 cm³/mol. The number of carbonyl (C=O) groups is 1. The van der Waals surface area contributed by atoms with E-state index in [-0.39, 0.29) is 23.1 Å². The molecule has 1 aliphatic heterocycles. The van der Waals surface area contributed by atoms with Crippen molar-refractivity contribution in [3.63, 3.8) is 0 Å². The van der Waals surface area contributed by atoms with Gasteiger partial charge in [-0.1, -0.05) is 12.1 Å². The van der Waals surface area contributed by atoms with E-state index in [1.807, 2.05) is 7.05 Å². The zero-order chi connectivity index (χ0) is 14.8. The molecule has 1 heterocycles. The van der Waals surface area contributed by atoms with Gasteiger partial charge in [0.2, 0.25) is 10.0 Å². The molecule has 2 rings (SSSR count). The molecule has 1 aliphatic rings. The Morgan fingerprint density at radius 1 is 1.29 bits per heavy atom. The molecule has 21 heavy (non-hydrogen) atoms. The number of rotatable bonds is 4. The van der Waals surface area contributed by atoms with E-state index < -0.39 is 10.0 Å². The van der Waals surface area contributed by atoms with Gasteiger partial charge in [0.15, 0.2) is 5.78 Å². The molecule has 118 valence electrons. The van der Waals surface area contributed by atoms with Crippen LogP contribution in [-0.2, 0) is 10.0 Å². The molecule has 5 nitrogen and oxygen atoms in total. The summed E-state index contributed by atoms with van der Waals surface area (Å²) in [6.07, 6.45) is 1.62. The minimum Gasteiger partial charge on any atom is -0.317 e. The molecule has 0 amide bonds. The van der Waals surface area contributed by atoms with Gasteiger partial charge in [0, 0.05) is 24.7 Å². The number of hydrogen-bond donors (Lipinski definition) is 1. The summed E-state index contributed by atoms with van der Waals surface area (Å²) in [4.78, 5) is 11.6. The first-order valence-electron chi connectivity index (χ1n) is 6.73. The normalized spacial score (nSPS) is 17.2. The highest BCUT2D eigenvalue weighted by atomic mass is 35.5. The van der Waals surface area contributed by atoms with Crippen LogP contribution in [-0.4, -0.2) is 44.7 Å². The predicted octanol–water partition coefficient (Wildman–Crippen LogP) is 1.68. The summed E-state index contributed by atoms with van der Waals surface area (Å²) in [5, 5.41) is 3.17. The molecule has 0 bridgehead atoms. The molecule has 0 aromatic heterocycles. The van der Waals surface area contributed by atoms with E-state index in [2.05, 4.69) is 5.32 Å². The van der Waals surface area contributed by atoms with E-state index in [9.17, 15) is 13.2 Å². The Labute approximate surface area is 132 Å². The third-order valence-corrected chi connectivity index (χ3v) is 5.64. The zero-order valence-corrected chi connectivity index (χ0v) is 13.8. The Morgan fingerprint density at radius 3 is 2.43 bits per heavy atom. The van der Waals surface area contributed by atoms with E-state index in [1.54, 1.807) is 18.2 Å². The van der Waals surface area contributed by atoms with Crippen molar-refractivity contribution in [1.29, 1.82) is 0 Å². The molecule has 7 heteroatoms. The maximum atomic E-state index is 12.6. The quantitative estimate of drug-likeness (QED) is 0.852. The molecular formula is C14H21ClN2O3S. The van der Waals surface area contributed by atoms with E-state index in [0.717, 1.165) is 12.8 Å². The summed E-state index contributed by atoms with van der Waals surface area (Å²) in [5.74, 6) is -0.129. The van der Waals surface area contributed by atoms with Crippen molar-refractivity contribution in [2.45, 2.75) is 30.7 Å². The van der Waals surface area contributed by atoms with Gasteiger partial charge in [-0.2, -0.15) is 4.31 Å². The summed E-state index contributed by atoms with van der Waals surface area (Å²) in [7, 11) is -1.60. The Hall–Kier alpha value is -0.950. The maximum absolute atomic E-state index is 12.6. The lowest BCUT2D eigenvalue weighted by molar-refractivity contribution is 0.101. The van der Waals surface area contributed by atoms with Crippen LogP contribution in [0.4, 0.5) is 0 Å². The van der Waals surface area contributed by atoms with Crippen LogP contribution in [0.3, 0.4) is 0 Å². The number of nitrogens with zero attached hydrogens (tertiary/aromatic N) is 1. The Balaban J connectivity index is 0.00000220. The summed E-state index contributed by atoms with van der Waals surface area (Å²) >= 11 is 0. The van der Waals surface area contributed by atoms with Gasteiger partial charge in [-0.25, -0.2) is 8.42 Å². The first-order chi connectivity index (χ1) is 9.45. The van der Waals surface area contributed by atoms with Gasteiger partial charge in [-0.15, -0.1) is 12.4 Å². The summed E-state index contributed by atoms with van der Waals surface area (Å²) in [5.41, 5.74) is 0.427. The minimum atomic E-state index is -3.50. The molecule has 0 atom stereocenters. The van der Waals surface area contributed by atoms with Gasteiger partial charge in [-0.3, -0.25) is 4.79 Å². The van der Waals surface area contributed by atoms with Crippen molar-refractivity contribution in [3.8, 4) is 0 Å². The second kappa shape index (κ2) is 7.35. The fourth-order valence-electron chi connectivity index (χ4n) is 2.41. The Morgan fingerprint density at radius 2 is 1.90 bits per heavy atom. The number of benzene rings is 1. The van der Waals surface area contributed by atoms with Crippen molar-refractivity contribution < 1.29 is 13.2 Å². The van der Waals surface area contributed by atoms with Crippen molar-refractivity contribution >= 4 is 28.2 Å². The first-order valence-corrected chi connectivity index (χ1v) is 8.17. The lowest BCUT2D eigenvalue weighted by Gasteiger charge is -2.31. The number of piperidine rings is 1.